The second-order valence-corrected chi connectivity index (χ2v) is 8.88. The van der Waals surface area contributed by atoms with Gasteiger partial charge < -0.3 is 24.8 Å². The van der Waals surface area contributed by atoms with E-state index in [2.05, 4.69) is 68.2 Å². The van der Waals surface area contributed by atoms with Crippen LogP contribution in [-0.4, -0.2) is 62.8 Å². The minimum Gasteiger partial charge on any atom is -0.444 e. The molecule has 0 aliphatic carbocycles. The van der Waals surface area contributed by atoms with Crippen molar-refractivity contribution in [1.82, 2.24) is 9.80 Å². The largest absolute Gasteiger partial charge is 0.444 e. The quantitative estimate of drug-likeness (QED) is 0.667. The molecular weight excluding hydrogens is 364 g/mol. The maximum absolute atomic E-state index is 12.2. The Balaban J connectivity index is 3.03. The third kappa shape index (κ3) is 7.52. The molecule has 0 bridgehead atoms. The van der Waals surface area contributed by atoms with Crippen LogP contribution in [0.3, 0.4) is 0 Å². The lowest BCUT2D eigenvalue weighted by molar-refractivity contribution is 0.0298. The molecule has 0 atom stereocenters. The van der Waals surface area contributed by atoms with Gasteiger partial charge in [0.1, 0.15) is 11.4 Å². The van der Waals surface area contributed by atoms with Crippen LogP contribution in [0, 0.1) is 6.92 Å². The number of amides is 1. The SMILES string of the molecule is CNc1ccc(N(CCCN(C)C(=O)OC(C)(C)C)C(=C(C)C)N(C)C)c(C)c1. The van der Waals surface area contributed by atoms with Crippen molar-refractivity contribution in [2.75, 3.05) is 51.5 Å². The zero-order valence-corrected chi connectivity index (χ0v) is 20.0. The van der Waals surface area contributed by atoms with E-state index in [1.807, 2.05) is 27.8 Å². The molecule has 0 radical (unpaired) electrons. The van der Waals surface area contributed by atoms with E-state index in [-0.39, 0.29) is 6.09 Å². The van der Waals surface area contributed by atoms with Crippen LogP contribution < -0.4 is 10.2 Å². The van der Waals surface area contributed by atoms with E-state index in [0.717, 1.165) is 18.7 Å². The first-order chi connectivity index (χ1) is 13.4. The second-order valence-electron chi connectivity index (χ2n) is 8.88. The zero-order valence-electron chi connectivity index (χ0n) is 20.0. The molecule has 164 valence electrons. The van der Waals surface area contributed by atoms with Crippen molar-refractivity contribution in [3.63, 3.8) is 0 Å². The normalized spacial score (nSPS) is 11.0. The lowest BCUT2D eigenvalue weighted by Gasteiger charge is -2.35. The number of benzene rings is 1. The van der Waals surface area contributed by atoms with Gasteiger partial charge in [-0.15, -0.1) is 0 Å². The van der Waals surface area contributed by atoms with Crippen LogP contribution in [0.2, 0.25) is 0 Å². The molecule has 0 fully saturated rings. The van der Waals surface area contributed by atoms with Gasteiger partial charge in [-0.05, 0) is 77.3 Å². The number of nitrogens with one attached hydrogen (secondary N) is 1. The zero-order chi connectivity index (χ0) is 22.4. The molecule has 0 saturated heterocycles. The highest BCUT2D eigenvalue weighted by atomic mass is 16.6. The number of rotatable bonds is 8. The molecule has 0 saturated carbocycles. The van der Waals surface area contributed by atoms with Crippen molar-refractivity contribution in [1.29, 1.82) is 0 Å². The molecule has 0 aliphatic rings. The number of hydrogen-bond acceptors (Lipinski definition) is 5. The molecule has 0 spiro atoms. The Labute approximate surface area is 177 Å². The molecule has 0 aromatic heterocycles. The number of aryl methyl sites for hydroxylation is 1. The molecule has 0 unspecified atom stereocenters. The summed E-state index contributed by atoms with van der Waals surface area (Å²) in [4.78, 5) is 18.4. The van der Waals surface area contributed by atoms with Crippen molar-refractivity contribution >= 4 is 17.5 Å². The lowest BCUT2D eigenvalue weighted by Crippen LogP contribution is -2.37. The van der Waals surface area contributed by atoms with E-state index >= 15 is 0 Å². The van der Waals surface area contributed by atoms with Crippen LogP contribution in [-0.2, 0) is 4.74 Å². The van der Waals surface area contributed by atoms with Crippen LogP contribution in [0.15, 0.2) is 29.6 Å². The highest BCUT2D eigenvalue weighted by molar-refractivity contribution is 5.67. The van der Waals surface area contributed by atoms with Gasteiger partial charge >= 0.3 is 6.09 Å². The maximum Gasteiger partial charge on any atom is 0.410 e. The molecule has 1 N–H and O–H groups in total. The topological polar surface area (TPSA) is 48.1 Å². The molecule has 1 amide bonds. The number of ether oxygens (including phenoxy) is 1. The molecular formula is C23H40N4O2. The van der Waals surface area contributed by atoms with Gasteiger partial charge in [0.25, 0.3) is 0 Å². The Hall–Kier alpha value is -2.37. The Morgan fingerprint density at radius 3 is 2.17 bits per heavy atom. The number of carbonyl (C=O) groups excluding carboxylic acids is 1. The third-order valence-electron chi connectivity index (χ3n) is 4.48. The van der Waals surface area contributed by atoms with Gasteiger partial charge in [0.2, 0.25) is 0 Å². The third-order valence-corrected chi connectivity index (χ3v) is 4.48. The minimum absolute atomic E-state index is 0.284. The van der Waals surface area contributed by atoms with Crippen LogP contribution in [0.4, 0.5) is 16.2 Å². The van der Waals surface area contributed by atoms with E-state index < -0.39 is 5.60 Å². The van der Waals surface area contributed by atoms with E-state index in [9.17, 15) is 4.79 Å². The van der Waals surface area contributed by atoms with Crippen molar-refractivity contribution in [3.8, 4) is 0 Å². The summed E-state index contributed by atoms with van der Waals surface area (Å²) in [5.41, 5.74) is 4.24. The van der Waals surface area contributed by atoms with E-state index in [0.29, 0.717) is 6.54 Å². The average molecular weight is 405 g/mol. The van der Waals surface area contributed by atoms with Crippen molar-refractivity contribution in [2.45, 2.75) is 53.6 Å². The molecule has 1 aromatic rings. The standard InChI is InChI=1S/C23H40N4O2/c1-17(2)21(25(8)9)27(20-13-12-19(24-7)16-18(20)3)15-11-14-26(10)22(28)29-23(4,5)6/h12-13,16,24H,11,14-15H2,1-10H3. The summed E-state index contributed by atoms with van der Waals surface area (Å²) < 4.78 is 5.46. The monoisotopic (exact) mass is 404 g/mol. The second kappa shape index (κ2) is 10.4. The maximum atomic E-state index is 12.2. The smallest absolute Gasteiger partial charge is 0.410 e. The predicted octanol–water partition coefficient (Wildman–Crippen LogP) is 4.91. The summed E-state index contributed by atoms with van der Waals surface area (Å²) in [6, 6.07) is 6.42. The summed E-state index contributed by atoms with van der Waals surface area (Å²) in [5.74, 6) is 1.17. The summed E-state index contributed by atoms with van der Waals surface area (Å²) >= 11 is 0. The van der Waals surface area contributed by atoms with Crippen molar-refractivity contribution < 1.29 is 9.53 Å². The van der Waals surface area contributed by atoms with E-state index in [1.165, 1.54) is 22.6 Å². The number of nitrogens with zero attached hydrogens (tertiary/aromatic N) is 3. The van der Waals surface area contributed by atoms with Crippen molar-refractivity contribution in [3.05, 3.63) is 35.2 Å². The van der Waals surface area contributed by atoms with Gasteiger partial charge in [0.15, 0.2) is 0 Å². The molecule has 29 heavy (non-hydrogen) atoms. The number of carbonyl (C=O) groups is 1. The van der Waals surface area contributed by atoms with Gasteiger partial charge in [-0.3, -0.25) is 0 Å². The molecule has 6 nitrogen and oxygen atoms in total. The fourth-order valence-electron chi connectivity index (χ4n) is 3.31. The van der Waals surface area contributed by atoms with Gasteiger partial charge in [0, 0.05) is 52.7 Å². The lowest BCUT2D eigenvalue weighted by atomic mass is 10.1. The summed E-state index contributed by atoms with van der Waals surface area (Å²) in [5, 5.41) is 3.20. The molecule has 0 heterocycles. The van der Waals surface area contributed by atoms with Crippen LogP contribution in [0.25, 0.3) is 0 Å². The fraction of sp³-hybridized carbons (Fsp3) is 0.609. The first kappa shape index (κ1) is 24.7. The van der Waals surface area contributed by atoms with E-state index in [4.69, 9.17) is 4.74 Å². The number of anilines is 2. The molecule has 6 heteroatoms. The molecule has 1 rings (SSSR count). The minimum atomic E-state index is -0.482. The Kier molecular flexibility index (Phi) is 8.86. The molecule has 0 aliphatic heterocycles. The average Bonchev–Trinajstić information content (AvgIpc) is 2.58. The van der Waals surface area contributed by atoms with E-state index in [1.54, 1.807) is 11.9 Å². The van der Waals surface area contributed by atoms with Gasteiger partial charge in [-0.25, -0.2) is 4.79 Å². The van der Waals surface area contributed by atoms with Gasteiger partial charge in [0.05, 0.1) is 0 Å². The van der Waals surface area contributed by atoms with Gasteiger partial charge in [-0.2, -0.15) is 0 Å². The summed E-state index contributed by atoms with van der Waals surface area (Å²) in [6.45, 7) is 13.5. The van der Waals surface area contributed by atoms with Crippen molar-refractivity contribution in [2.24, 2.45) is 0 Å². The Bertz CT molecular complexity index is 716. The number of hydrogen-bond donors (Lipinski definition) is 1. The predicted molar refractivity (Wildman–Crippen MR) is 124 cm³/mol. The summed E-state index contributed by atoms with van der Waals surface area (Å²) in [6.07, 6.45) is 0.543. The number of allylic oxidation sites excluding steroid dienone is 1. The van der Waals surface area contributed by atoms with Crippen LogP contribution >= 0.6 is 0 Å². The summed E-state index contributed by atoms with van der Waals surface area (Å²) in [7, 11) is 7.86. The molecule has 1 aromatic carbocycles. The highest BCUT2D eigenvalue weighted by Crippen LogP contribution is 2.28. The van der Waals surface area contributed by atoms with Crippen LogP contribution in [0.1, 0.15) is 46.6 Å². The van der Waals surface area contributed by atoms with Crippen LogP contribution in [0.5, 0.6) is 0 Å². The first-order valence-corrected chi connectivity index (χ1v) is 10.2. The fourth-order valence-corrected chi connectivity index (χ4v) is 3.31. The van der Waals surface area contributed by atoms with Gasteiger partial charge in [-0.1, -0.05) is 0 Å². The highest BCUT2D eigenvalue weighted by Gasteiger charge is 2.21. The first-order valence-electron chi connectivity index (χ1n) is 10.2. The Morgan fingerprint density at radius 2 is 1.72 bits per heavy atom. The Morgan fingerprint density at radius 1 is 1.10 bits per heavy atom.